The van der Waals surface area contributed by atoms with E-state index in [4.69, 9.17) is 0 Å². The first kappa shape index (κ1) is 14.8. The number of rotatable bonds is 5. The zero-order chi connectivity index (χ0) is 16.2. The van der Waals surface area contributed by atoms with Crippen LogP contribution in [0.15, 0.2) is 61.1 Å². The Hall–Kier alpha value is -2.73. The third-order valence-electron chi connectivity index (χ3n) is 4.40. The molecule has 1 aliphatic rings. The molecule has 3 heterocycles. The van der Waals surface area contributed by atoms with Gasteiger partial charge in [-0.1, -0.05) is 36.4 Å². The predicted molar refractivity (Wildman–Crippen MR) is 92.7 cm³/mol. The van der Waals surface area contributed by atoms with Crippen LogP contribution in [-0.4, -0.2) is 39.3 Å². The van der Waals surface area contributed by atoms with Gasteiger partial charge >= 0.3 is 0 Å². The van der Waals surface area contributed by atoms with Crippen molar-refractivity contribution in [3.63, 3.8) is 0 Å². The third-order valence-corrected chi connectivity index (χ3v) is 4.40. The Kier molecular flexibility index (Phi) is 4.20. The summed E-state index contributed by atoms with van der Waals surface area (Å²) in [6.45, 7) is 1.95. The number of hydrogen-bond acceptors (Lipinski definition) is 5. The number of pyridine rings is 1. The van der Waals surface area contributed by atoms with Gasteiger partial charge in [0.2, 0.25) is 0 Å². The quantitative estimate of drug-likeness (QED) is 0.754. The minimum atomic E-state index is 0.0161. The Bertz CT molecular complexity index is 744. The van der Waals surface area contributed by atoms with E-state index in [-0.39, 0.29) is 6.04 Å². The van der Waals surface area contributed by atoms with Crippen LogP contribution in [0.1, 0.15) is 23.9 Å². The monoisotopic (exact) mass is 320 g/mol. The number of aromatic amines is 1. The average molecular weight is 320 g/mol. The van der Waals surface area contributed by atoms with Crippen LogP contribution in [0.4, 0.5) is 5.82 Å². The van der Waals surface area contributed by atoms with Gasteiger partial charge in [0.15, 0.2) is 0 Å². The Balaban J connectivity index is 1.50. The summed E-state index contributed by atoms with van der Waals surface area (Å²) in [4.78, 5) is 11.1. The summed E-state index contributed by atoms with van der Waals surface area (Å²) in [5.74, 6) is 1.88. The molecule has 2 N–H and O–H groups in total. The van der Waals surface area contributed by atoms with Crippen LogP contribution in [0.2, 0.25) is 0 Å². The number of benzene rings is 1. The molecule has 4 rings (SSSR count). The van der Waals surface area contributed by atoms with Crippen molar-refractivity contribution in [1.82, 2.24) is 25.5 Å². The fraction of sp³-hybridized carbons (Fsp3) is 0.278. The third kappa shape index (κ3) is 3.14. The number of aromatic nitrogens is 4. The zero-order valence-corrected chi connectivity index (χ0v) is 13.3. The summed E-state index contributed by atoms with van der Waals surface area (Å²) in [6, 6.07) is 16.8. The normalized spacial score (nSPS) is 18.7. The molecule has 1 aromatic carbocycles. The van der Waals surface area contributed by atoms with E-state index in [9.17, 15) is 0 Å². The highest BCUT2D eigenvalue weighted by Crippen LogP contribution is 2.23. The second-order valence-electron chi connectivity index (χ2n) is 6.00. The second kappa shape index (κ2) is 6.80. The largest absolute Gasteiger partial charge is 0.355 e. The van der Waals surface area contributed by atoms with Crippen LogP contribution in [0, 0.1) is 0 Å². The molecule has 122 valence electrons. The summed E-state index contributed by atoms with van der Waals surface area (Å²) in [6.07, 6.45) is 4.48. The van der Waals surface area contributed by atoms with Gasteiger partial charge in [0.25, 0.3) is 0 Å². The number of hydrogen-bond donors (Lipinski definition) is 2. The highest BCUT2D eigenvalue weighted by Gasteiger charge is 2.27. The molecular formula is C18H20N6. The highest BCUT2D eigenvalue weighted by molar-refractivity contribution is 5.39. The first-order valence-electron chi connectivity index (χ1n) is 8.22. The molecule has 3 aromatic rings. The Morgan fingerprint density at radius 3 is 2.71 bits per heavy atom. The van der Waals surface area contributed by atoms with E-state index < -0.39 is 0 Å². The van der Waals surface area contributed by atoms with E-state index in [0.717, 1.165) is 31.2 Å². The van der Waals surface area contributed by atoms with Gasteiger partial charge in [-0.3, -0.25) is 10.4 Å². The van der Waals surface area contributed by atoms with E-state index in [1.807, 2.05) is 24.4 Å². The van der Waals surface area contributed by atoms with E-state index in [0.29, 0.717) is 6.04 Å². The van der Waals surface area contributed by atoms with Gasteiger partial charge in [-0.15, -0.1) is 0 Å². The summed E-state index contributed by atoms with van der Waals surface area (Å²) in [7, 11) is 0. The summed E-state index contributed by atoms with van der Waals surface area (Å²) in [5.41, 5.74) is 1.19. The van der Waals surface area contributed by atoms with Gasteiger partial charge in [0, 0.05) is 25.3 Å². The maximum absolute atomic E-state index is 4.45. The molecule has 0 radical (unpaired) electrons. The van der Waals surface area contributed by atoms with Crippen molar-refractivity contribution >= 4 is 5.82 Å². The van der Waals surface area contributed by atoms with Gasteiger partial charge < -0.3 is 4.90 Å². The lowest BCUT2D eigenvalue weighted by molar-refractivity contribution is 0.486. The van der Waals surface area contributed by atoms with Crippen LogP contribution in [0.5, 0.6) is 0 Å². The lowest BCUT2D eigenvalue weighted by Gasteiger charge is -2.22. The molecule has 0 bridgehead atoms. The Morgan fingerprint density at radius 1 is 1.08 bits per heavy atom. The van der Waals surface area contributed by atoms with Crippen molar-refractivity contribution < 1.29 is 0 Å². The maximum atomic E-state index is 4.45. The molecule has 1 saturated heterocycles. The Labute approximate surface area is 141 Å². The minimum Gasteiger partial charge on any atom is -0.355 e. The van der Waals surface area contributed by atoms with Crippen LogP contribution >= 0.6 is 0 Å². The highest BCUT2D eigenvalue weighted by atomic mass is 15.3. The molecular weight excluding hydrogens is 300 g/mol. The molecule has 2 atom stereocenters. The topological polar surface area (TPSA) is 69.7 Å². The van der Waals surface area contributed by atoms with Crippen LogP contribution in [0.25, 0.3) is 0 Å². The van der Waals surface area contributed by atoms with Gasteiger partial charge in [0.1, 0.15) is 18.0 Å². The molecule has 0 aliphatic carbocycles. The van der Waals surface area contributed by atoms with Crippen molar-refractivity contribution in [2.24, 2.45) is 0 Å². The number of anilines is 1. The van der Waals surface area contributed by atoms with Crippen LogP contribution < -0.4 is 10.2 Å². The van der Waals surface area contributed by atoms with Crippen LogP contribution in [-0.2, 0) is 0 Å². The van der Waals surface area contributed by atoms with E-state index >= 15 is 0 Å². The average Bonchev–Trinajstić information content (AvgIpc) is 3.33. The number of nitrogens with zero attached hydrogens (tertiary/aromatic N) is 4. The van der Waals surface area contributed by atoms with E-state index in [1.54, 1.807) is 6.33 Å². The smallest absolute Gasteiger partial charge is 0.145 e. The SMILES string of the molecule is c1ccc([C@@H](N[C@H]2CCN(c3ccccn3)C2)c2ncn[nH]2)cc1. The predicted octanol–water partition coefficient (Wildman–Crippen LogP) is 2.16. The molecule has 6 heteroatoms. The Morgan fingerprint density at radius 2 is 1.96 bits per heavy atom. The standard InChI is InChI=1S/C18H20N6/c1-2-6-14(7-3-1)17(18-20-13-21-23-18)22-15-9-11-24(12-15)16-8-4-5-10-19-16/h1-8,10,13,15,17,22H,9,11-12H2,(H,20,21,23)/t15-,17+/m0/s1. The number of nitrogens with one attached hydrogen (secondary N) is 2. The molecule has 1 aliphatic heterocycles. The van der Waals surface area contributed by atoms with Gasteiger partial charge in [-0.05, 0) is 24.1 Å². The first-order valence-corrected chi connectivity index (χ1v) is 8.22. The summed E-state index contributed by atoms with van der Waals surface area (Å²) in [5, 5.41) is 10.7. The molecule has 24 heavy (non-hydrogen) atoms. The second-order valence-corrected chi connectivity index (χ2v) is 6.00. The molecule has 1 fully saturated rings. The minimum absolute atomic E-state index is 0.0161. The first-order chi connectivity index (χ1) is 11.9. The molecule has 0 spiro atoms. The van der Waals surface area contributed by atoms with Crippen molar-refractivity contribution in [3.8, 4) is 0 Å². The maximum Gasteiger partial charge on any atom is 0.145 e. The van der Waals surface area contributed by atoms with Gasteiger partial charge in [-0.25, -0.2) is 9.97 Å². The lowest BCUT2D eigenvalue weighted by Crippen LogP contribution is -2.36. The summed E-state index contributed by atoms with van der Waals surface area (Å²) >= 11 is 0. The molecule has 0 saturated carbocycles. The number of H-pyrrole nitrogens is 1. The molecule has 6 nitrogen and oxygen atoms in total. The van der Waals surface area contributed by atoms with Gasteiger partial charge in [0.05, 0.1) is 6.04 Å². The van der Waals surface area contributed by atoms with Crippen molar-refractivity contribution in [2.75, 3.05) is 18.0 Å². The molecule has 2 aromatic heterocycles. The summed E-state index contributed by atoms with van der Waals surface area (Å²) < 4.78 is 0. The lowest BCUT2D eigenvalue weighted by atomic mass is 10.0. The van der Waals surface area contributed by atoms with Crippen LogP contribution in [0.3, 0.4) is 0 Å². The van der Waals surface area contributed by atoms with E-state index in [1.165, 1.54) is 5.56 Å². The fourth-order valence-electron chi connectivity index (χ4n) is 3.21. The van der Waals surface area contributed by atoms with Crippen molar-refractivity contribution in [2.45, 2.75) is 18.5 Å². The zero-order valence-electron chi connectivity index (χ0n) is 13.3. The van der Waals surface area contributed by atoms with Crippen molar-refractivity contribution in [1.29, 1.82) is 0 Å². The van der Waals surface area contributed by atoms with E-state index in [2.05, 4.69) is 60.7 Å². The van der Waals surface area contributed by atoms with Gasteiger partial charge in [-0.2, -0.15) is 5.10 Å². The molecule has 0 amide bonds. The van der Waals surface area contributed by atoms with Crippen molar-refractivity contribution in [3.05, 3.63) is 72.4 Å². The fourth-order valence-corrected chi connectivity index (χ4v) is 3.21. The molecule has 0 unspecified atom stereocenters.